The first-order valence-electron chi connectivity index (χ1n) is 6.81. The third-order valence-electron chi connectivity index (χ3n) is 3.77. The minimum atomic E-state index is -0.680. The highest BCUT2D eigenvalue weighted by Crippen LogP contribution is 2.35. The number of rotatable bonds is 5. The molecule has 1 unspecified atom stereocenters. The van der Waals surface area contributed by atoms with Gasteiger partial charge in [0, 0.05) is 6.54 Å². The summed E-state index contributed by atoms with van der Waals surface area (Å²) in [6.45, 7) is 5.81. The Morgan fingerprint density at radius 1 is 1.58 bits per heavy atom. The molecule has 2 heterocycles. The van der Waals surface area contributed by atoms with Crippen LogP contribution in [0, 0.1) is 12.3 Å². The van der Waals surface area contributed by atoms with E-state index in [9.17, 15) is 9.90 Å². The Kier molecular flexibility index (Phi) is 4.19. The Bertz CT molecular complexity index is 442. The smallest absolute Gasteiger partial charge is 0.310 e. The van der Waals surface area contributed by atoms with Gasteiger partial charge in [0.2, 0.25) is 5.89 Å². The summed E-state index contributed by atoms with van der Waals surface area (Å²) >= 11 is 0. The van der Waals surface area contributed by atoms with Crippen LogP contribution in [0.5, 0.6) is 0 Å². The molecular weight excluding hydrogens is 246 g/mol. The van der Waals surface area contributed by atoms with Gasteiger partial charge < -0.3 is 9.63 Å². The normalized spacial score (nSPS) is 24.5. The molecule has 19 heavy (non-hydrogen) atoms. The van der Waals surface area contributed by atoms with Gasteiger partial charge in [0.05, 0.1) is 12.0 Å². The van der Waals surface area contributed by atoms with Crippen molar-refractivity contribution in [1.29, 1.82) is 0 Å². The zero-order valence-corrected chi connectivity index (χ0v) is 11.6. The molecule has 106 valence electrons. The number of piperidine rings is 1. The number of aromatic nitrogens is 2. The average molecular weight is 267 g/mol. The van der Waals surface area contributed by atoms with Crippen LogP contribution >= 0.6 is 0 Å². The Balaban J connectivity index is 2.05. The first-order chi connectivity index (χ1) is 9.05. The molecule has 0 aromatic carbocycles. The second-order valence-corrected chi connectivity index (χ2v) is 5.39. The molecule has 6 heteroatoms. The van der Waals surface area contributed by atoms with Crippen LogP contribution in [0.3, 0.4) is 0 Å². The summed E-state index contributed by atoms with van der Waals surface area (Å²) < 4.78 is 5.11. The van der Waals surface area contributed by atoms with Crippen LogP contribution in [0.1, 0.15) is 44.3 Å². The molecule has 0 radical (unpaired) electrons. The zero-order valence-electron chi connectivity index (χ0n) is 11.6. The molecule has 0 saturated carbocycles. The zero-order chi connectivity index (χ0) is 13.9. The minimum absolute atomic E-state index is 0.541. The Morgan fingerprint density at radius 2 is 2.37 bits per heavy atom. The lowest BCUT2D eigenvalue weighted by Crippen LogP contribution is -2.47. The molecule has 1 aromatic rings. The lowest BCUT2D eigenvalue weighted by atomic mass is 9.76. The van der Waals surface area contributed by atoms with Crippen molar-refractivity contribution in [2.45, 2.75) is 46.1 Å². The molecule has 0 aliphatic carbocycles. The van der Waals surface area contributed by atoms with Crippen LogP contribution in [-0.2, 0) is 11.3 Å². The van der Waals surface area contributed by atoms with E-state index in [1.54, 1.807) is 6.92 Å². The van der Waals surface area contributed by atoms with E-state index < -0.39 is 11.4 Å². The highest BCUT2D eigenvalue weighted by atomic mass is 16.5. The highest BCUT2D eigenvalue weighted by Gasteiger charge is 2.41. The predicted molar refractivity (Wildman–Crippen MR) is 68.5 cm³/mol. The number of likely N-dealkylation sites (tertiary alicyclic amines) is 1. The van der Waals surface area contributed by atoms with Gasteiger partial charge in [-0.05, 0) is 32.7 Å². The van der Waals surface area contributed by atoms with Crippen molar-refractivity contribution in [3.63, 3.8) is 0 Å². The van der Waals surface area contributed by atoms with Crippen LogP contribution < -0.4 is 0 Å². The van der Waals surface area contributed by atoms with Gasteiger partial charge in [-0.2, -0.15) is 4.98 Å². The molecule has 0 amide bonds. The van der Waals surface area contributed by atoms with Crippen molar-refractivity contribution < 1.29 is 14.4 Å². The molecule has 0 bridgehead atoms. The number of aliphatic carboxylic acids is 1. The number of aryl methyl sites for hydroxylation is 1. The number of nitrogens with zero attached hydrogens (tertiary/aromatic N) is 3. The second kappa shape index (κ2) is 5.69. The molecule has 0 spiro atoms. The fourth-order valence-electron chi connectivity index (χ4n) is 2.92. The molecule has 1 aliphatic rings. The maximum absolute atomic E-state index is 11.6. The summed E-state index contributed by atoms with van der Waals surface area (Å²) in [4.78, 5) is 17.9. The van der Waals surface area contributed by atoms with Gasteiger partial charge >= 0.3 is 5.97 Å². The molecule has 1 N–H and O–H groups in total. The number of carboxylic acids is 1. The van der Waals surface area contributed by atoms with E-state index in [0.29, 0.717) is 24.8 Å². The van der Waals surface area contributed by atoms with Crippen molar-refractivity contribution in [2.24, 2.45) is 5.41 Å². The number of hydrogen-bond donors (Lipinski definition) is 1. The molecule has 2 rings (SSSR count). The van der Waals surface area contributed by atoms with E-state index in [4.69, 9.17) is 4.52 Å². The Labute approximate surface area is 112 Å². The predicted octanol–water partition coefficient (Wildman–Crippen LogP) is 1.84. The van der Waals surface area contributed by atoms with Crippen molar-refractivity contribution in [1.82, 2.24) is 15.0 Å². The van der Waals surface area contributed by atoms with E-state index in [1.807, 2.05) is 6.92 Å². The monoisotopic (exact) mass is 267 g/mol. The van der Waals surface area contributed by atoms with Crippen LogP contribution in [0.2, 0.25) is 0 Å². The fourth-order valence-corrected chi connectivity index (χ4v) is 2.92. The fraction of sp³-hybridized carbons (Fsp3) is 0.769. The lowest BCUT2D eigenvalue weighted by Gasteiger charge is -2.39. The van der Waals surface area contributed by atoms with E-state index in [2.05, 4.69) is 15.0 Å². The Hall–Kier alpha value is -1.43. The van der Waals surface area contributed by atoms with Crippen LogP contribution in [-0.4, -0.2) is 39.2 Å². The van der Waals surface area contributed by atoms with Gasteiger partial charge in [0.25, 0.3) is 0 Å². The number of carboxylic acid groups (broad SMARTS) is 1. The number of carbonyl (C=O) groups is 1. The van der Waals surface area contributed by atoms with Gasteiger partial charge in [-0.1, -0.05) is 18.5 Å². The largest absolute Gasteiger partial charge is 0.481 e. The maximum atomic E-state index is 11.6. The highest BCUT2D eigenvalue weighted by molar-refractivity contribution is 5.75. The van der Waals surface area contributed by atoms with E-state index in [-0.39, 0.29) is 0 Å². The SMILES string of the molecule is CCCC1(C(=O)O)CCCN(Cc2nc(C)no2)C1. The summed E-state index contributed by atoms with van der Waals surface area (Å²) in [6, 6.07) is 0. The molecule has 1 aromatic heterocycles. The van der Waals surface area contributed by atoms with E-state index >= 15 is 0 Å². The first kappa shape index (κ1) is 14.0. The first-order valence-corrected chi connectivity index (χ1v) is 6.81. The topological polar surface area (TPSA) is 79.5 Å². The molecule has 1 atom stereocenters. The minimum Gasteiger partial charge on any atom is -0.481 e. The van der Waals surface area contributed by atoms with Gasteiger partial charge in [0.1, 0.15) is 0 Å². The van der Waals surface area contributed by atoms with E-state index in [1.165, 1.54) is 0 Å². The average Bonchev–Trinajstić information content (AvgIpc) is 2.75. The summed E-state index contributed by atoms with van der Waals surface area (Å²) in [5, 5.41) is 13.3. The van der Waals surface area contributed by atoms with E-state index in [0.717, 1.165) is 32.2 Å². The van der Waals surface area contributed by atoms with Gasteiger partial charge in [-0.15, -0.1) is 0 Å². The summed E-state index contributed by atoms with van der Waals surface area (Å²) in [5.74, 6) is 0.501. The second-order valence-electron chi connectivity index (χ2n) is 5.39. The van der Waals surface area contributed by atoms with Gasteiger partial charge in [-0.25, -0.2) is 0 Å². The molecular formula is C13H21N3O3. The summed E-state index contributed by atoms with van der Waals surface area (Å²) in [5.41, 5.74) is -0.609. The number of hydrogen-bond acceptors (Lipinski definition) is 5. The molecule has 6 nitrogen and oxygen atoms in total. The van der Waals surface area contributed by atoms with Crippen molar-refractivity contribution >= 4 is 5.97 Å². The van der Waals surface area contributed by atoms with Gasteiger partial charge in [0.15, 0.2) is 5.82 Å². The maximum Gasteiger partial charge on any atom is 0.310 e. The van der Waals surface area contributed by atoms with Gasteiger partial charge in [-0.3, -0.25) is 9.69 Å². The third-order valence-corrected chi connectivity index (χ3v) is 3.77. The standard InChI is InChI=1S/C13H21N3O3/c1-3-5-13(12(17)18)6-4-7-16(9-13)8-11-14-10(2)15-19-11/h3-9H2,1-2H3,(H,17,18). The third kappa shape index (κ3) is 3.12. The lowest BCUT2D eigenvalue weighted by molar-refractivity contribution is -0.153. The van der Waals surface area contributed by atoms with Crippen molar-refractivity contribution in [2.75, 3.05) is 13.1 Å². The molecule has 1 fully saturated rings. The van der Waals surface area contributed by atoms with Crippen molar-refractivity contribution in [3.8, 4) is 0 Å². The van der Waals surface area contributed by atoms with Crippen molar-refractivity contribution in [3.05, 3.63) is 11.7 Å². The molecule has 1 saturated heterocycles. The molecule has 1 aliphatic heterocycles. The quantitative estimate of drug-likeness (QED) is 0.877. The van der Waals surface area contributed by atoms with Crippen LogP contribution in [0.25, 0.3) is 0 Å². The van der Waals surface area contributed by atoms with Crippen LogP contribution in [0.4, 0.5) is 0 Å². The summed E-state index contributed by atoms with van der Waals surface area (Å²) in [7, 11) is 0. The van der Waals surface area contributed by atoms with Crippen LogP contribution in [0.15, 0.2) is 4.52 Å². The summed E-state index contributed by atoms with van der Waals surface area (Å²) in [6.07, 6.45) is 3.27. The Morgan fingerprint density at radius 3 is 2.95 bits per heavy atom.